The topological polar surface area (TPSA) is 120 Å². The third-order valence-corrected chi connectivity index (χ3v) is 2.86. The highest BCUT2D eigenvalue weighted by Gasteiger charge is 2.08. The summed E-state index contributed by atoms with van der Waals surface area (Å²) >= 11 is 0. The SMILES string of the molecule is Nc1cc2ncnc(Nc3cccc([N+](=O)[O-])c3)c2cn1. The molecule has 0 unspecified atom stereocenters. The van der Waals surface area contributed by atoms with Gasteiger partial charge in [-0.2, -0.15) is 0 Å². The molecule has 0 aliphatic heterocycles. The zero-order chi connectivity index (χ0) is 14.8. The van der Waals surface area contributed by atoms with Crippen molar-refractivity contribution in [2.24, 2.45) is 0 Å². The first-order valence-corrected chi connectivity index (χ1v) is 6.01. The Morgan fingerprint density at radius 2 is 2.05 bits per heavy atom. The predicted molar refractivity (Wildman–Crippen MR) is 78.1 cm³/mol. The highest BCUT2D eigenvalue weighted by atomic mass is 16.6. The Hall–Kier alpha value is -3.29. The van der Waals surface area contributed by atoms with Gasteiger partial charge >= 0.3 is 0 Å². The Morgan fingerprint density at radius 3 is 2.86 bits per heavy atom. The molecule has 0 aliphatic rings. The molecule has 21 heavy (non-hydrogen) atoms. The fourth-order valence-corrected chi connectivity index (χ4v) is 1.90. The number of nitrogens with zero attached hydrogens (tertiary/aromatic N) is 4. The number of aromatic nitrogens is 3. The summed E-state index contributed by atoms with van der Waals surface area (Å²) in [6, 6.07) is 7.80. The smallest absolute Gasteiger partial charge is 0.271 e. The van der Waals surface area contributed by atoms with Gasteiger partial charge in [0.15, 0.2) is 0 Å². The Bertz CT molecular complexity index is 836. The van der Waals surface area contributed by atoms with Gasteiger partial charge in [-0.15, -0.1) is 0 Å². The van der Waals surface area contributed by atoms with Crippen LogP contribution in [0.25, 0.3) is 10.9 Å². The van der Waals surface area contributed by atoms with Crippen molar-refractivity contribution in [2.45, 2.75) is 0 Å². The molecule has 8 heteroatoms. The molecule has 3 rings (SSSR count). The number of nitrogens with one attached hydrogen (secondary N) is 1. The second-order valence-corrected chi connectivity index (χ2v) is 4.28. The Labute approximate surface area is 118 Å². The number of anilines is 3. The van der Waals surface area contributed by atoms with E-state index in [1.807, 2.05) is 0 Å². The van der Waals surface area contributed by atoms with Gasteiger partial charge in [0, 0.05) is 30.1 Å². The summed E-state index contributed by atoms with van der Waals surface area (Å²) in [5.74, 6) is 0.871. The molecule has 0 amide bonds. The van der Waals surface area contributed by atoms with Crippen molar-refractivity contribution in [3.63, 3.8) is 0 Å². The lowest BCUT2D eigenvalue weighted by Crippen LogP contribution is -1.98. The van der Waals surface area contributed by atoms with Gasteiger partial charge < -0.3 is 11.1 Å². The normalized spacial score (nSPS) is 10.5. The van der Waals surface area contributed by atoms with Gasteiger partial charge in [0.25, 0.3) is 5.69 Å². The van der Waals surface area contributed by atoms with Gasteiger partial charge in [-0.3, -0.25) is 10.1 Å². The van der Waals surface area contributed by atoms with E-state index in [0.29, 0.717) is 28.2 Å². The molecule has 0 bridgehead atoms. The lowest BCUT2D eigenvalue weighted by molar-refractivity contribution is -0.384. The Morgan fingerprint density at radius 1 is 1.19 bits per heavy atom. The summed E-state index contributed by atoms with van der Waals surface area (Å²) in [7, 11) is 0. The van der Waals surface area contributed by atoms with E-state index in [9.17, 15) is 10.1 Å². The molecular formula is C13H10N6O2. The van der Waals surface area contributed by atoms with E-state index >= 15 is 0 Å². The minimum Gasteiger partial charge on any atom is -0.384 e. The molecule has 0 atom stereocenters. The highest BCUT2D eigenvalue weighted by molar-refractivity contribution is 5.91. The van der Waals surface area contributed by atoms with E-state index < -0.39 is 4.92 Å². The molecule has 1 aromatic carbocycles. The van der Waals surface area contributed by atoms with Crippen molar-refractivity contribution < 1.29 is 4.92 Å². The number of fused-ring (bicyclic) bond motifs is 1. The monoisotopic (exact) mass is 282 g/mol. The van der Waals surface area contributed by atoms with E-state index in [4.69, 9.17) is 5.73 Å². The van der Waals surface area contributed by atoms with Crippen molar-refractivity contribution in [3.8, 4) is 0 Å². The molecule has 0 aliphatic carbocycles. The quantitative estimate of drug-likeness (QED) is 0.558. The third kappa shape index (κ3) is 2.54. The summed E-state index contributed by atoms with van der Waals surface area (Å²) in [6.07, 6.45) is 2.95. The molecule has 3 aromatic rings. The van der Waals surface area contributed by atoms with Crippen LogP contribution in [-0.4, -0.2) is 19.9 Å². The van der Waals surface area contributed by atoms with Crippen molar-refractivity contribution in [3.05, 3.63) is 53.0 Å². The minimum atomic E-state index is -0.453. The minimum absolute atomic E-state index is 0.000677. The largest absolute Gasteiger partial charge is 0.384 e. The molecule has 2 aromatic heterocycles. The highest BCUT2D eigenvalue weighted by Crippen LogP contribution is 2.25. The molecule has 0 spiro atoms. The number of nitrogens with two attached hydrogens (primary N) is 1. The first-order chi connectivity index (χ1) is 10.1. The summed E-state index contributed by atoms with van der Waals surface area (Å²) < 4.78 is 0. The zero-order valence-corrected chi connectivity index (χ0v) is 10.7. The molecule has 3 N–H and O–H groups in total. The number of benzene rings is 1. The molecule has 2 heterocycles. The lowest BCUT2D eigenvalue weighted by atomic mass is 10.2. The first kappa shape index (κ1) is 12.7. The number of nitro benzene ring substituents is 1. The molecule has 8 nitrogen and oxygen atoms in total. The van der Waals surface area contributed by atoms with E-state index in [1.165, 1.54) is 18.5 Å². The first-order valence-electron chi connectivity index (χ1n) is 6.01. The zero-order valence-electron chi connectivity index (χ0n) is 10.7. The van der Waals surface area contributed by atoms with Crippen LogP contribution in [-0.2, 0) is 0 Å². The van der Waals surface area contributed by atoms with Crippen molar-refractivity contribution in [2.75, 3.05) is 11.1 Å². The summed E-state index contributed by atoms with van der Waals surface area (Å²) in [4.78, 5) is 22.6. The van der Waals surface area contributed by atoms with Gasteiger partial charge in [-0.1, -0.05) is 6.07 Å². The molecule has 0 saturated carbocycles. The summed E-state index contributed by atoms with van der Waals surface area (Å²) in [6.45, 7) is 0. The van der Waals surface area contributed by atoms with Crippen LogP contribution in [0.4, 0.5) is 23.0 Å². The van der Waals surface area contributed by atoms with Crippen LogP contribution in [0, 0.1) is 10.1 Å². The van der Waals surface area contributed by atoms with Crippen LogP contribution in [0.15, 0.2) is 42.9 Å². The maximum atomic E-state index is 10.8. The number of pyridine rings is 1. The van der Waals surface area contributed by atoms with Crippen molar-refractivity contribution in [1.82, 2.24) is 15.0 Å². The fourth-order valence-electron chi connectivity index (χ4n) is 1.90. The van der Waals surface area contributed by atoms with Crippen LogP contribution >= 0.6 is 0 Å². The lowest BCUT2D eigenvalue weighted by Gasteiger charge is -2.08. The van der Waals surface area contributed by atoms with E-state index in [0.717, 1.165) is 0 Å². The average molecular weight is 282 g/mol. The van der Waals surface area contributed by atoms with Crippen LogP contribution in [0.3, 0.4) is 0 Å². The second-order valence-electron chi connectivity index (χ2n) is 4.28. The van der Waals surface area contributed by atoms with Gasteiger partial charge in [-0.25, -0.2) is 15.0 Å². The number of hydrogen-bond acceptors (Lipinski definition) is 7. The molecule has 0 fully saturated rings. The Balaban J connectivity index is 2.02. The predicted octanol–water partition coefficient (Wildman–Crippen LogP) is 2.26. The maximum absolute atomic E-state index is 10.8. The number of nitrogen functional groups attached to an aromatic ring is 1. The number of rotatable bonds is 3. The number of nitro groups is 1. The van der Waals surface area contributed by atoms with Gasteiger partial charge in [0.05, 0.1) is 15.8 Å². The molecule has 0 saturated heterocycles. The number of hydrogen-bond donors (Lipinski definition) is 2. The van der Waals surface area contributed by atoms with E-state index in [-0.39, 0.29) is 5.69 Å². The summed E-state index contributed by atoms with van der Waals surface area (Å²) in [5, 5.41) is 14.5. The average Bonchev–Trinajstić information content (AvgIpc) is 2.47. The maximum Gasteiger partial charge on any atom is 0.271 e. The van der Waals surface area contributed by atoms with Gasteiger partial charge in [0.2, 0.25) is 0 Å². The van der Waals surface area contributed by atoms with Crippen LogP contribution in [0.1, 0.15) is 0 Å². The van der Waals surface area contributed by atoms with Crippen LogP contribution < -0.4 is 11.1 Å². The van der Waals surface area contributed by atoms with Crippen molar-refractivity contribution >= 4 is 33.9 Å². The van der Waals surface area contributed by atoms with Crippen LogP contribution in [0.5, 0.6) is 0 Å². The molecular weight excluding hydrogens is 272 g/mol. The van der Waals surface area contributed by atoms with Crippen LogP contribution in [0.2, 0.25) is 0 Å². The third-order valence-electron chi connectivity index (χ3n) is 2.86. The fraction of sp³-hybridized carbons (Fsp3) is 0. The molecule has 0 radical (unpaired) electrons. The van der Waals surface area contributed by atoms with Gasteiger partial charge in [0.1, 0.15) is 18.0 Å². The van der Waals surface area contributed by atoms with E-state index in [2.05, 4.69) is 20.3 Å². The van der Waals surface area contributed by atoms with Gasteiger partial charge in [-0.05, 0) is 6.07 Å². The number of non-ortho nitro benzene ring substituents is 1. The summed E-state index contributed by atoms with van der Waals surface area (Å²) in [5.41, 5.74) is 6.81. The van der Waals surface area contributed by atoms with E-state index in [1.54, 1.807) is 24.4 Å². The van der Waals surface area contributed by atoms with Crippen molar-refractivity contribution in [1.29, 1.82) is 0 Å². The second kappa shape index (κ2) is 5.00. The standard InChI is InChI=1S/C13H10N6O2/c14-12-5-11-10(6-15-12)13(17-7-16-11)18-8-2-1-3-9(4-8)19(20)21/h1-7H,(H2,14,15)(H,16,17,18). The molecule has 104 valence electrons. The Kier molecular flexibility index (Phi) is 3.03.